The van der Waals surface area contributed by atoms with Gasteiger partial charge in [-0.2, -0.15) is 0 Å². The highest BCUT2D eigenvalue weighted by molar-refractivity contribution is 6.11. The molecule has 0 aliphatic carbocycles. The highest BCUT2D eigenvalue weighted by atomic mass is 16.2. The monoisotopic (exact) mass is 391 g/mol. The predicted octanol–water partition coefficient (Wildman–Crippen LogP) is 4.07. The SMILES string of the molecule is CCC(=O)Nc1ccc(NC(=O)c2cc(C)nc3c2nc2n3CCCCC2)cc1. The molecule has 0 unspecified atom stereocenters. The van der Waals surface area contributed by atoms with Gasteiger partial charge in [-0.3, -0.25) is 9.59 Å². The normalized spacial score (nSPS) is 13.6. The fourth-order valence-corrected chi connectivity index (χ4v) is 3.67. The number of imidazole rings is 1. The van der Waals surface area contributed by atoms with Crippen LogP contribution in [0.3, 0.4) is 0 Å². The molecule has 1 aliphatic rings. The molecule has 0 saturated carbocycles. The van der Waals surface area contributed by atoms with Crippen LogP contribution in [-0.4, -0.2) is 26.3 Å². The molecule has 2 amide bonds. The van der Waals surface area contributed by atoms with E-state index in [2.05, 4.69) is 20.2 Å². The average molecular weight is 391 g/mol. The molecule has 7 heteroatoms. The Balaban J connectivity index is 1.61. The molecule has 0 atom stereocenters. The maximum atomic E-state index is 13.0. The molecule has 3 aromatic rings. The lowest BCUT2D eigenvalue weighted by molar-refractivity contribution is -0.115. The molecule has 29 heavy (non-hydrogen) atoms. The van der Waals surface area contributed by atoms with Crippen LogP contribution in [0.25, 0.3) is 11.2 Å². The maximum Gasteiger partial charge on any atom is 0.258 e. The summed E-state index contributed by atoms with van der Waals surface area (Å²) in [5.74, 6) is 0.760. The van der Waals surface area contributed by atoms with Gasteiger partial charge in [0.05, 0.1) is 5.56 Å². The van der Waals surface area contributed by atoms with Crippen LogP contribution in [-0.2, 0) is 17.8 Å². The summed E-state index contributed by atoms with van der Waals surface area (Å²) in [5.41, 5.74) is 4.16. The van der Waals surface area contributed by atoms with Crippen LogP contribution < -0.4 is 10.6 Å². The zero-order chi connectivity index (χ0) is 20.4. The Hall–Kier alpha value is -3.22. The third kappa shape index (κ3) is 3.99. The Kier molecular flexibility index (Phi) is 5.29. The molecule has 3 heterocycles. The molecule has 1 aromatic carbocycles. The molecule has 2 aromatic heterocycles. The number of benzene rings is 1. The first-order chi connectivity index (χ1) is 14.0. The quantitative estimate of drug-likeness (QED) is 0.702. The van der Waals surface area contributed by atoms with Gasteiger partial charge in [-0.15, -0.1) is 0 Å². The topological polar surface area (TPSA) is 88.9 Å². The zero-order valence-electron chi connectivity index (χ0n) is 16.8. The van der Waals surface area contributed by atoms with Gasteiger partial charge < -0.3 is 15.2 Å². The first-order valence-electron chi connectivity index (χ1n) is 10.1. The largest absolute Gasteiger partial charge is 0.326 e. The van der Waals surface area contributed by atoms with E-state index in [4.69, 9.17) is 4.98 Å². The summed E-state index contributed by atoms with van der Waals surface area (Å²) in [6.07, 6.45) is 4.76. The van der Waals surface area contributed by atoms with E-state index in [1.807, 2.05) is 6.92 Å². The number of carbonyl (C=O) groups is 2. The van der Waals surface area contributed by atoms with Crippen LogP contribution in [0, 0.1) is 6.92 Å². The van der Waals surface area contributed by atoms with Crippen molar-refractivity contribution in [2.75, 3.05) is 10.6 Å². The zero-order valence-corrected chi connectivity index (χ0v) is 16.8. The number of fused-ring (bicyclic) bond motifs is 3. The van der Waals surface area contributed by atoms with Crippen LogP contribution in [0.4, 0.5) is 11.4 Å². The first-order valence-corrected chi connectivity index (χ1v) is 10.1. The fraction of sp³-hybridized carbons (Fsp3) is 0.364. The van der Waals surface area contributed by atoms with E-state index in [1.54, 1.807) is 37.3 Å². The second kappa shape index (κ2) is 8.03. The number of nitrogens with zero attached hydrogens (tertiary/aromatic N) is 3. The minimum Gasteiger partial charge on any atom is -0.326 e. The average Bonchev–Trinajstić information content (AvgIpc) is 2.89. The molecular weight excluding hydrogens is 366 g/mol. The van der Waals surface area contributed by atoms with Crippen LogP contribution in [0.5, 0.6) is 0 Å². The minimum atomic E-state index is -0.209. The second-order valence-corrected chi connectivity index (χ2v) is 7.41. The van der Waals surface area contributed by atoms with Crippen molar-refractivity contribution >= 4 is 34.4 Å². The smallest absolute Gasteiger partial charge is 0.258 e. The third-order valence-electron chi connectivity index (χ3n) is 5.18. The van der Waals surface area contributed by atoms with E-state index < -0.39 is 0 Å². The number of anilines is 2. The summed E-state index contributed by atoms with van der Waals surface area (Å²) in [5, 5.41) is 5.73. The van der Waals surface area contributed by atoms with Gasteiger partial charge in [0.25, 0.3) is 5.91 Å². The summed E-state index contributed by atoms with van der Waals surface area (Å²) < 4.78 is 2.16. The number of hydrogen-bond acceptors (Lipinski definition) is 4. The number of aromatic nitrogens is 3. The summed E-state index contributed by atoms with van der Waals surface area (Å²) >= 11 is 0. The molecule has 0 spiro atoms. The van der Waals surface area contributed by atoms with Crippen LogP contribution >= 0.6 is 0 Å². The third-order valence-corrected chi connectivity index (χ3v) is 5.18. The number of nitrogens with one attached hydrogen (secondary N) is 2. The molecule has 0 saturated heterocycles. The second-order valence-electron chi connectivity index (χ2n) is 7.41. The summed E-state index contributed by atoms with van der Waals surface area (Å²) in [4.78, 5) is 33.9. The number of rotatable bonds is 4. The van der Waals surface area contributed by atoms with Crippen LogP contribution in [0.2, 0.25) is 0 Å². The predicted molar refractivity (Wildman–Crippen MR) is 113 cm³/mol. The van der Waals surface area contributed by atoms with Crippen molar-refractivity contribution in [1.82, 2.24) is 14.5 Å². The molecular formula is C22H25N5O2. The standard InChI is InChI=1S/C22H25N5O2/c1-3-19(28)24-15-8-10-16(11-9-15)25-22(29)17-13-14(2)23-21-20(17)26-18-7-5-4-6-12-27(18)21/h8-11,13H,3-7,12H2,1-2H3,(H,24,28)(H,25,29). The van der Waals surface area contributed by atoms with Gasteiger partial charge >= 0.3 is 0 Å². The fourth-order valence-electron chi connectivity index (χ4n) is 3.67. The van der Waals surface area contributed by atoms with E-state index in [1.165, 1.54) is 6.42 Å². The van der Waals surface area contributed by atoms with Crippen LogP contribution in [0.15, 0.2) is 30.3 Å². The van der Waals surface area contributed by atoms with Crippen molar-refractivity contribution in [3.63, 3.8) is 0 Å². The van der Waals surface area contributed by atoms with Gasteiger partial charge in [0.15, 0.2) is 5.65 Å². The Morgan fingerprint density at radius 3 is 2.48 bits per heavy atom. The number of aryl methyl sites for hydroxylation is 3. The van der Waals surface area contributed by atoms with Gasteiger partial charge in [-0.05, 0) is 50.1 Å². The van der Waals surface area contributed by atoms with Crippen LogP contribution in [0.1, 0.15) is 54.5 Å². The van der Waals surface area contributed by atoms with E-state index in [-0.39, 0.29) is 11.8 Å². The summed E-state index contributed by atoms with van der Waals surface area (Å²) in [6.45, 7) is 4.60. The maximum absolute atomic E-state index is 13.0. The highest BCUT2D eigenvalue weighted by Crippen LogP contribution is 2.25. The molecule has 4 rings (SSSR count). The Labute approximate surface area is 169 Å². The van der Waals surface area contributed by atoms with Gasteiger partial charge in [0, 0.05) is 36.5 Å². The molecule has 0 radical (unpaired) electrons. The number of hydrogen-bond donors (Lipinski definition) is 2. The molecule has 1 aliphatic heterocycles. The lowest BCUT2D eigenvalue weighted by atomic mass is 10.1. The van der Waals surface area contributed by atoms with Gasteiger partial charge in [-0.1, -0.05) is 13.3 Å². The van der Waals surface area contributed by atoms with Crippen molar-refractivity contribution in [2.45, 2.75) is 52.5 Å². The van der Waals surface area contributed by atoms with Crippen molar-refractivity contribution < 1.29 is 9.59 Å². The number of carbonyl (C=O) groups excluding carboxylic acids is 2. The van der Waals surface area contributed by atoms with Crippen molar-refractivity contribution in [3.05, 3.63) is 47.4 Å². The van der Waals surface area contributed by atoms with Crippen molar-refractivity contribution in [1.29, 1.82) is 0 Å². The van der Waals surface area contributed by atoms with Crippen molar-refractivity contribution in [2.24, 2.45) is 0 Å². The van der Waals surface area contributed by atoms with E-state index >= 15 is 0 Å². The molecule has 150 valence electrons. The molecule has 0 bridgehead atoms. The van der Waals surface area contributed by atoms with Crippen molar-refractivity contribution in [3.8, 4) is 0 Å². The van der Waals surface area contributed by atoms with E-state index in [0.717, 1.165) is 43.0 Å². The summed E-state index contributed by atoms with van der Waals surface area (Å²) in [7, 11) is 0. The molecule has 2 N–H and O–H groups in total. The molecule has 7 nitrogen and oxygen atoms in total. The lowest BCUT2D eigenvalue weighted by Crippen LogP contribution is -2.14. The summed E-state index contributed by atoms with van der Waals surface area (Å²) in [6, 6.07) is 8.89. The van der Waals surface area contributed by atoms with Gasteiger partial charge in [0.2, 0.25) is 5.91 Å². The highest BCUT2D eigenvalue weighted by Gasteiger charge is 2.21. The Morgan fingerprint density at radius 1 is 1.03 bits per heavy atom. The van der Waals surface area contributed by atoms with E-state index in [9.17, 15) is 9.59 Å². The lowest BCUT2D eigenvalue weighted by Gasteiger charge is -2.09. The van der Waals surface area contributed by atoms with E-state index in [0.29, 0.717) is 28.9 Å². The van der Waals surface area contributed by atoms with Gasteiger partial charge in [-0.25, -0.2) is 9.97 Å². The Morgan fingerprint density at radius 2 is 1.76 bits per heavy atom. The Bertz CT molecular complexity index is 1070. The minimum absolute atomic E-state index is 0.0454. The number of pyridine rings is 1. The first kappa shape index (κ1) is 19.1. The molecule has 0 fully saturated rings. The number of amides is 2. The van der Waals surface area contributed by atoms with Gasteiger partial charge in [0.1, 0.15) is 11.3 Å².